The Bertz CT molecular complexity index is 607. The van der Waals surface area contributed by atoms with Gasteiger partial charge in [0.05, 0.1) is 16.0 Å². The smallest absolute Gasteiger partial charge is 0.150 e. The minimum Gasteiger partial charge on any atom is -0.313 e. The van der Waals surface area contributed by atoms with Gasteiger partial charge in [0, 0.05) is 11.6 Å². The zero-order valence-electron chi connectivity index (χ0n) is 11.0. The van der Waals surface area contributed by atoms with Crippen molar-refractivity contribution < 1.29 is 17.2 Å². The maximum Gasteiger partial charge on any atom is 0.150 e. The van der Waals surface area contributed by atoms with Crippen LogP contribution >= 0.6 is 15.9 Å². The lowest BCUT2D eigenvalue weighted by Crippen LogP contribution is -2.23. The molecule has 112 valence electrons. The van der Waals surface area contributed by atoms with Crippen LogP contribution in [0.5, 0.6) is 0 Å². The SMILES string of the molecule is CNC(CC1CCS(=O)(=O)C1)c1c(F)ccc(Br)c1F. The zero-order chi connectivity index (χ0) is 14.9. The molecule has 0 radical (unpaired) electrons. The van der Waals surface area contributed by atoms with Crippen LogP contribution in [0.15, 0.2) is 16.6 Å². The molecule has 3 nitrogen and oxygen atoms in total. The lowest BCUT2D eigenvalue weighted by molar-refractivity contribution is 0.407. The highest BCUT2D eigenvalue weighted by Crippen LogP contribution is 2.33. The topological polar surface area (TPSA) is 46.2 Å². The Morgan fingerprint density at radius 3 is 2.70 bits per heavy atom. The fourth-order valence-electron chi connectivity index (χ4n) is 2.63. The molecule has 0 aromatic heterocycles. The maximum atomic E-state index is 14.1. The summed E-state index contributed by atoms with van der Waals surface area (Å²) in [5.41, 5.74) is -0.0360. The van der Waals surface area contributed by atoms with Crippen LogP contribution in [0.3, 0.4) is 0 Å². The van der Waals surface area contributed by atoms with E-state index >= 15 is 0 Å². The Hall–Kier alpha value is -0.530. The van der Waals surface area contributed by atoms with Crippen LogP contribution in [0.4, 0.5) is 8.78 Å². The summed E-state index contributed by atoms with van der Waals surface area (Å²) in [6.45, 7) is 0. The van der Waals surface area contributed by atoms with Gasteiger partial charge in [-0.1, -0.05) is 0 Å². The normalized spacial score (nSPS) is 22.9. The number of halogens is 3. The highest BCUT2D eigenvalue weighted by molar-refractivity contribution is 9.10. The first kappa shape index (κ1) is 15.9. The first-order valence-electron chi connectivity index (χ1n) is 6.35. The third-order valence-electron chi connectivity index (χ3n) is 3.67. The van der Waals surface area contributed by atoms with Crippen LogP contribution in [0.2, 0.25) is 0 Å². The molecule has 1 aliphatic rings. The van der Waals surface area contributed by atoms with Crippen molar-refractivity contribution in [3.63, 3.8) is 0 Å². The Kier molecular flexibility index (Phi) is 4.81. The molecule has 1 saturated heterocycles. The van der Waals surface area contributed by atoms with Gasteiger partial charge in [0.1, 0.15) is 11.6 Å². The zero-order valence-corrected chi connectivity index (χ0v) is 13.4. The van der Waals surface area contributed by atoms with Gasteiger partial charge in [-0.25, -0.2) is 17.2 Å². The first-order valence-corrected chi connectivity index (χ1v) is 8.96. The Morgan fingerprint density at radius 2 is 2.15 bits per heavy atom. The Morgan fingerprint density at radius 1 is 1.45 bits per heavy atom. The lowest BCUT2D eigenvalue weighted by Gasteiger charge is -2.21. The minimum atomic E-state index is -2.98. The van der Waals surface area contributed by atoms with Crippen molar-refractivity contribution in [3.05, 3.63) is 33.8 Å². The molecule has 1 heterocycles. The second-order valence-electron chi connectivity index (χ2n) is 5.10. The van der Waals surface area contributed by atoms with E-state index in [1.54, 1.807) is 7.05 Å². The van der Waals surface area contributed by atoms with Crippen LogP contribution in [0.25, 0.3) is 0 Å². The standard InChI is InChI=1S/C13H16BrF2NO2S/c1-17-11(6-8-4-5-20(18,19)7-8)12-10(15)3-2-9(14)13(12)16/h2-3,8,11,17H,4-7H2,1H3. The molecule has 1 aromatic rings. The van der Waals surface area contributed by atoms with Crippen LogP contribution in [0.1, 0.15) is 24.4 Å². The fourth-order valence-corrected chi connectivity index (χ4v) is 4.86. The highest BCUT2D eigenvalue weighted by Gasteiger charge is 2.31. The lowest BCUT2D eigenvalue weighted by atomic mass is 9.93. The van der Waals surface area contributed by atoms with Crippen molar-refractivity contribution in [1.29, 1.82) is 0 Å². The number of nitrogens with one attached hydrogen (secondary N) is 1. The van der Waals surface area contributed by atoms with E-state index < -0.39 is 27.5 Å². The second-order valence-corrected chi connectivity index (χ2v) is 8.19. The van der Waals surface area contributed by atoms with Crippen molar-refractivity contribution in [2.75, 3.05) is 18.6 Å². The van der Waals surface area contributed by atoms with E-state index in [9.17, 15) is 17.2 Å². The highest BCUT2D eigenvalue weighted by atomic mass is 79.9. The maximum absolute atomic E-state index is 14.1. The molecular formula is C13H16BrF2NO2S. The molecule has 0 spiro atoms. The van der Waals surface area contributed by atoms with Gasteiger partial charge in [-0.3, -0.25) is 0 Å². The van der Waals surface area contributed by atoms with E-state index in [0.29, 0.717) is 12.8 Å². The van der Waals surface area contributed by atoms with Crippen molar-refractivity contribution in [2.45, 2.75) is 18.9 Å². The van der Waals surface area contributed by atoms with E-state index in [2.05, 4.69) is 21.2 Å². The third-order valence-corrected chi connectivity index (χ3v) is 6.12. The molecule has 20 heavy (non-hydrogen) atoms. The molecule has 0 saturated carbocycles. The summed E-state index contributed by atoms with van der Waals surface area (Å²) < 4.78 is 51.1. The monoisotopic (exact) mass is 367 g/mol. The number of rotatable bonds is 4. The van der Waals surface area contributed by atoms with Crippen LogP contribution in [0, 0.1) is 17.6 Å². The molecule has 0 amide bonds. The molecule has 1 N–H and O–H groups in total. The van der Waals surface area contributed by atoms with Gasteiger partial charge in [-0.2, -0.15) is 0 Å². The van der Waals surface area contributed by atoms with Gasteiger partial charge in [0.2, 0.25) is 0 Å². The molecule has 1 aliphatic heterocycles. The summed E-state index contributed by atoms with van der Waals surface area (Å²) in [5.74, 6) is -1.05. The second kappa shape index (κ2) is 6.07. The van der Waals surface area contributed by atoms with E-state index in [-0.39, 0.29) is 27.5 Å². The van der Waals surface area contributed by atoms with Gasteiger partial charge in [0.25, 0.3) is 0 Å². The van der Waals surface area contributed by atoms with Gasteiger partial charge in [0.15, 0.2) is 9.84 Å². The summed E-state index contributed by atoms with van der Waals surface area (Å²) in [4.78, 5) is 0. The molecule has 2 atom stereocenters. The fraction of sp³-hybridized carbons (Fsp3) is 0.538. The van der Waals surface area contributed by atoms with Crippen molar-refractivity contribution in [3.8, 4) is 0 Å². The molecule has 2 rings (SSSR count). The molecule has 7 heteroatoms. The average molecular weight is 368 g/mol. The predicted octanol–water partition coefficient (Wildman–Crippen LogP) is 2.81. The van der Waals surface area contributed by atoms with Crippen LogP contribution in [-0.4, -0.2) is 27.0 Å². The summed E-state index contributed by atoms with van der Waals surface area (Å²) in [6.07, 6.45) is 0.956. The van der Waals surface area contributed by atoms with Crippen molar-refractivity contribution in [1.82, 2.24) is 5.32 Å². The summed E-state index contributed by atoms with van der Waals surface area (Å²) in [6, 6.07) is 1.99. The van der Waals surface area contributed by atoms with Gasteiger partial charge < -0.3 is 5.32 Å². The quantitative estimate of drug-likeness (QED) is 0.832. The molecule has 1 fully saturated rings. The number of sulfone groups is 1. The largest absolute Gasteiger partial charge is 0.313 e. The van der Waals surface area contributed by atoms with E-state index in [1.165, 1.54) is 12.1 Å². The number of benzene rings is 1. The average Bonchev–Trinajstić information content (AvgIpc) is 2.72. The van der Waals surface area contributed by atoms with E-state index in [0.717, 1.165) is 0 Å². The van der Waals surface area contributed by atoms with Gasteiger partial charge in [-0.15, -0.1) is 0 Å². The van der Waals surface area contributed by atoms with E-state index in [4.69, 9.17) is 0 Å². The van der Waals surface area contributed by atoms with Gasteiger partial charge >= 0.3 is 0 Å². The molecule has 2 unspecified atom stereocenters. The summed E-state index contributed by atoms with van der Waals surface area (Å²) in [5, 5.41) is 2.89. The number of hydrogen-bond acceptors (Lipinski definition) is 3. The Labute approximate surface area is 125 Å². The number of hydrogen-bond donors (Lipinski definition) is 1. The van der Waals surface area contributed by atoms with Crippen molar-refractivity contribution >= 4 is 25.8 Å². The van der Waals surface area contributed by atoms with Crippen LogP contribution < -0.4 is 5.32 Å². The molecule has 0 bridgehead atoms. The minimum absolute atomic E-state index is 0.0360. The van der Waals surface area contributed by atoms with Crippen molar-refractivity contribution in [2.24, 2.45) is 5.92 Å². The third kappa shape index (κ3) is 3.38. The Balaban J connectivity index is 2.23. The first-order chi connectivity index (χ1) is 9.34. The summed E-state index contributed by atoms with van der Waals surface area (Å²) in [7, 11) is -1.37. The molecule has 1 aromatic carbocycles. The molecular weight excluding hydrogens is 352 g/mol. The predicted molar refractivity (Wildman–Crippen MR) is 77.2 cm³/mol. The van der Waals surface area contributed by atoms with Crippen LogP contribution in [-0.2, 0) is 9.84 Å². The van der Waals surface area contributed by atoms with E-state index in [1.807, 2.05) is 0 Å². The molecule has 0 aliphatic carbocycles. The summed E-state index contributed by atoms with van der Waals surface area (Å²) >= 11 is 3.04. The van der Waals surface area contributed by atoms with Gasteiger partial charge in [-0.05, 0) is 53.9 Å².